The predicted octanol–water partition coefficient (Wildman–Crippen LogP) is 3.42. The molecular formula is C17H31NO2. The van der Waals surface area contributed by atoms with E-state index in [1.807, 2.05) is 0 Å². The Morgan fingerprint density at radius 1 is 0.950 bits per heavy atom. The largest absolute Gasteiger partial charge is 0.377 e. The van der Waals surface area contributed by atoms with Crippen molar-refractivity contribution in [2.75, 3.05) is 19.7 Å². The summed E-state index contributed by atoms with van der Waals surface area (Å²) in [7, 11) is 0. The lowest BCUT2D eigenvalue weighted by Gasteiger charge is -2.24. The average Bonchev–Trinajstić information content (AvgIpc) is 3.10. The summed E-state index contributed by atoms with van der Waals surface area (Å²) < 4.78 is 12.2. The molecule has 1 N–H and O–H groups in total. The van der Waals surface area contributed by atoms with Crippen LogP contribution in [0.5, 0.6) is 0 Å². The van der Waals surface area contributed by atoms with E-state index in [-0.39, 0.29) is 5.60 Å². The van der Waals surface area contributed by atoms with E-state index >= 15 is 0 Å². The van der Waals surface area contributed by atoms with Gasteiger partial charge in [-0.3, -0.25) is 0 Å². The Bertz CT molecular complexity index is 283. The summed E-state index contributed by atoms with van der Waals surface area (Å²) in [5.74, 6) is 0. The SMILES string of the molecule is C1CCC(OCCNCC2CCC3(CCCC3)O2)CC1. The average molecular weight is 281 g/mol. The van der Waals surface area contributed by atoms with E-state index in [0.717, 1.165) is 19.7 Å². The minimum atomic E-state index is 0.283. The molecule has 0 bridgehead atoms. The zero-order chi connectivity index (χ0) is 13.7. The molecule has 0 amide bonds. The smallest absolute Gasteiger partial charge is 0.0708 e. The van der Waals surface area contributed by atoms with Gasteiger partial charge in [0, 0.05) is 13.1 Å². The second kappa shape index (κ2) is 7.24. The highest BCUT2D eigenvalue weighted by Gasteiger charge is 2.41. The fourth-order valence-electron chi connectivity index (χ4n) is 4.22. The standard InChI is InChI=1S/C17H31NO2/c1-2-6-15(7-3-1)19-13-12-18-14-16-8-11-17(20-16)9-4-5-10-17/h15-16,18H,1-14H2. The van der Waals surface area contributed by atoms with E-state index in [1.54, 1.807) is 0 Å². The molecule has 3 rings (SSSR count). The van der Waals surface area contributed by atoms with Crippen LogP contribution in [0.25, 0.3) is 0 Å². The van der Waals surface area contributed by atoms with Crippen molar-refractivity contribution in [2.24, 2.45) is 0 Å². The molecule has 1 atom stereocenters. The van der Waals surface area contributed by atoms with Gasteiger partial charge >= 0.3 is 0 Å². The molecule has 3 heteroatoms. The van der Waals surface area contributed by atoms with Crippen molar-refractivity contribution in [1.82, 2.24) is 5.32 Å². The van der Waals surface area contributed by atoms with E-state index in [9.17, 15) is 0 Å². The van der Waals surface area contributed by atoms with Crippen LogP contribution in [0.2, 0.25) is 0 Å². The molecule has 0 aromatic carbocycles. The summed E-state index contributed by atoms with van der Waals surface area (Å²) in [5, 5.41) is 3.52. The molecule has 1 spiro atoms. The van der Waals surface area contributed by atoms with Gasteiger partial charge < -0.3 is 14.8 Å². The van der Waals surface area contributed by atoms with Crippen LogP contribution in [0, 0.1) is 0 Å². The summed E-state index contributed by atoms with van der Waals surface area (Å²) in [6.45, 7) is 2.85. The summed E-state index contributed by atoms with van der Waals surface area (Å²) >= 11 is 0. The van der Waals surface area contributed by atoms with Crippen LogP contribution < -0.4 is 5.32 Å². The molecule has 1 heterocycles. The van der Waals surface area contributed by atoms with Gasteiger partial charge in [-0.05, 0) is 38.5 Å². The fraction of sp³-hybridized carbons (Fsp3) is 1.00. The molecule has 2 saturated carbocycles. The second-order valence-corrected chi connectivity index (χ2v) is 7.00. The van der Waals surface area contributed by atoms with Crippen LogP contribution in [0.4, 0.5) is 0 Å². The maximum absolute atomic E-state index is 6.30. The monoisotopic (exact) mass is 281 g/mol. The van der Waals surface area contributed by atoms with Crippen LogP contribution in [0.15, 0.2) is 0 Å². The molecule has 1 unspecified atom stereocenters. The van der Waals surface area contributed by atoms with Crippen molar-refractivity contribution in [3.05, 3.63) is 0 Å². The lowest BCUT2D eigenvalue weighted by molar-refractivity contribution is -0.0360. The molecule has 20 heavy (non-hydrogen) atoms. The highest BCUT2D eigenvalue weighted by atomic mass is 16.5. The van der Waals surface area contributed by atoms with Gasteiger partial charge in [-0.2, -0.15) is 0 Å². The zero-order valence-electron chi connectivity index (χ0n) is 12.9. The van der Waals surface area contributed by atoms with Gasteiger partial charge in [0.25, 0.3) is 0 Å². The van der Waals surface area contributed by atoms with Gasteiger partial charge in [-0.1, -0.05) is 32.1 Å². The minimum absolute atomic E-state index is 0.283. The molecule has 3 fully saturated rings. The molecular weight excluding hydrogens is 250 g/mol. The summed E-state index contributed by atoms with van der Waals surface area (Å²) in [6.07, 6.45) is 15.5. The third kappa shape index (κ3) is 3.96. The molecule has 0 radical (unpaired) electrons. The van der Waals surface area contributed by atoms with Crippen molar-refractivity contribution in [3.63, 3.8) is 0 Å². The first-order valence-electron chi connectivity index (χ1n) is 8.86. The van der Waals surface area contributed by atoms with Gasteiger partial charge in [-0.25, -0.2) is 0 Å². The maximum Gasteiger partial charge on any atom is 0.0708 e. The second-order valence-electron chi connectivity index (χ2n) is 7.00. The molecule has 1 aliphatic heterocycles. The van der Waals surface area contributed by atoms with E-state index in [4.69, 9.17) is 9.47 Å². The Morgan fingerprint density at radius 3 is 2.55 bits per heavy atom. The normalized spacial score (nSPS) is 30.3. The number of nitrogens with one attached hydrogen (secondary N) is 1. The lowest BCUT2D eigenvalue weighted by atomic mass is 9.98. The molecule has 3 aliphatic rings. The number of ether oxygens (including phenoxy) is 2. The van der Waals surface area contributed by atoms with Crippen LogP contribution in [0.1, 0.15) is 70.6 Å². The number of hydrogen-bond acceptors (Lipinski definition) is 3. The predicted molar refractivity (Wildman–Crippen MR) is 81.0 cm³/mol. The Morgan fingerprint density at radius 2 is 1.75 bits per heavy atom. The summed E-state index contributed by atoms with van der Waals surface area (Å²) in [6, 6.07) is 0. The lowest BCUT2D eigenvalue weighted by Crippen LogP contribution is -2.33. The van der Waals surface area contributed by atoms with E-state index < -0.39 is 0 Å². The quantitative estimate of drug-likeness (QED) is 0.757. The highest BCUT2D eigenvalue weighted by Crippen LogP contribution is 2.43. The van der Waals surface area contributed by atoms with Crippen LogP contribution in [0.3, 0.4) is 0 Å². The van der Waals surface area contributed by atoms with Gasteiger partial charge in [-0.15, -0.1) is 0 Å². The van der Waals surface area contributed by atoms with Gasteiger partial charge in [0.15, 0.2) is 0 Å². The molecule has 1 saturated heterocycles. The molecule has 2 aliphatic carbocycles. The third-order valence-corrected chi connectivity index (χ3v) is 5.41. The van der Waals surface area contributed by atoms with Crippen LogP contribution in [-0.4, -0.2) is 37.5 Å². The van der Waals surface area contributed by atoms with Gasteiger partial charge in [0.2, 0.25) is 0 Å². The fourth-order valence-corrected chi connectivity index (χ4v) is 4.22. The zero-order valence-corrected chi connectivity index (χ0v) is 12.9. The molecule has 3 nitrogen and oxygen atoms in total. The molecule has 116 valence electrons. The van der Waals surface area contributed by atoms with Crippen LogP contribution in [-0.2, 0) is 9.47 Å². The Balaban J connectivity index is 1.23. The van der Waals surface area contributed by atoms with Crippen molar-refractivity contribution in [1.29, 1.82) is 0 Å². The van der Waals surface area contributed by atoms with Gasteiger partial charge in [0.1, 0.15) is 0 Å². The van der Waals surface area contributed by atoms with Crippen molar-refractivity contribution in [3.8, 4) is 0 Å². The Kier molecular flexibility index (Phi) is 5.36. The van der Waals surface area contributed by atoms with E-state index in [1.165, 1.54) is 70.6 Å². The topological polar surface area (TPSA) is 30.5 Å². The molecule has 0 aromatic rings. The first kappa shape index (κ1) is 14.8. The maximum atomic E-state index is 6.30. The minimum Gasteiger partial charge on any atom is -0.377 e. The summed E-state index contributed by atoms with van der Waals surface area (Å²) in [4.78, 5) is 0. The highest BCUT2D eigenvalue weighted by molar-refractivity contribution is 4.93. The Hall–Kier alpha value is -0.120. The Labute approximate surface area is 123 Å². The van der Waals surface area contributed by atoms with Crippen molar-refractivity contribution < 1.29 is 9.47 Å². The van der Waals surface area contributed by atoms with E-state index in [2.05, 4.69) is 5.32 Å². The number of hydrogen-bond donors (Lipinski definition) is 1. The first-order chi connectivity index (χ1) is 9.86. The summed E-state index contributed by atoms with van der Waals surface area (Å²) in [5.41, 5.74) is 0.283. The molecule has 0 aromatic heterocycles. The van der Waals surface area contributed by atoms with Crippen molar-refractivity contribution in [2.45, 2.75) is 88.4 Å². The van der Waals surface area contributed by atoms with Crippen molar-refractivity contribution >= 4 is 0 Å². The van der Waals surface area contributed by atoms with Gasteiger partial charge in [0.05, 0.1) is 24.4 Å². The van der Waals surface area contributed by atoms with E-state index in [0.29, 0.717) is 12.2 Å². The number of rotatable bonds is 6. The van der Waals surface area contributed by atoms with Crippen LogP contribution >= 0.6 is 0 Å². The third-order valence-electron chi connectivity index (χ3n) is 5.41. The first-order valence-corrected chi connectivity index (χ1v) is 8.86.